The van der Waals surface area contributed by atoms with E-state index in [-0.39, 0.29) is 24.8 Å². The van der Waals surface area contributed by atoms with Crippen molar-refractivity contribution in [2.75, 3.05) is 11.5 Å². The highest BCUT2D eigenvalue weighted by molar-refractivity contribution is 6.30. The molecule has 0 radical (unpaired) electrons. The minimum Gasteiger partial charge on any atom is -0.462 e. The molecule has 0 aliphatic rings. The average Bonchev–Trinajstić information content (AvgIpc) is 2.73. The van der Waals surface area contributed by atoms with Crippen molar-refractivity contribution in [2.24, 2.45) is 0 Å². The van der Waals surface area contributed by atoms with Gasteiger partial charge in [0.05, 0.1) is 30.1 Å². The van der Waals surface area contributed by atoms with Crippen LogP contribution in [0.4, 0.5) is 5.69 Å². The number of anilines is 1. The fraction of sp³-hybridized carbons (Fsp3) is 0.182. The number of amides is 1. The van der Waals surface area contributed by atoms with E-state index in [0.717, 1.165) is 5.69 Å². The molecule has 2 heterocycles. The number of esters is 1. The first-order valence-electron chi connectivity index (χ1n) is 9.11. The van der Waals surface area contributed by atoms with Gasteiger partial charge in [0.25, 0.3) is 5.91 Å². The number of hydrogen-bond donors (Lipinski definition) is 0. The molecule has 29 heavy (non-hydrogen) atoms. The molecular weight excluding hydrogens is 390 g/mol. The molecule has 6 nitrogen and oxygen atoms in total. The van der Waals surface area contributed by atoms with Gasteiger partial charge in [0.15, 0.2) is 0 Å². The van der Waals surface area contributed by atoms with Crippen LogP contribution >= 0.6 is 11.6 Å². The minimum absolute atomic E-state index is 0.224. The summed E-state index contributed by atoms with van der Waals surface area (Å²) in [6.07, 6.45) is 1.68. The van der Waals surface area contributed by atoms with Gasteiger partial charge in [-0.1, -0.05) is 17.7 Å². The van der Waals surface area contributed by atoms with Gasteiger partial charge in [-0.05, 0) is 62.4 Å². The van der Waals surface area contributed by atoms with E-state index in [1.54, 1.807) is 55.3 Å². The average molecular weight is 410 g/mol. The van der Waals surface area contributed by atoms with Gasteiger partial charge in [0.1, 0.15) is 5.69 Å². The summed E-state index contributed by atoms with van der Waals surface area (Å²) in [6, 6.07) is 15.6. The largest absolute Gasteiger partial charge is 0.462 e. The Morgan fingerprint density at radius 2 is 1.83 bits per heavy atom. The fourth-order valence-corrected chi connectivity index (χ4v) is 2.92. The van der Waals surface area contributed by atoms with Crippen LogP contribution in [0, 0.1) is 6.92 Å². The maximum absolute atomic E-state index is 13.3. The molecule has 0 N–H and O–H groups in total. The molecule has 3 aromatic rings. The maximum Gasteiger partial charge on any atom is 0.339 e. The normalized spacial score (nSPS) is 10.4. The Bertz CT molecular complexity index is 1010. The zero-order chi connectivity index (χ0) is 20.8. The van der Waals surface area contributed by atoms with Gasteiger partial charge in [-0.15, -0.1) is 0 Å². The first-order valence-corrected chi connectivity index (χ1v) is 9.49. The quantitative estimate of drug-likeness (QED) is 0.562. The second-order valence-electron chi connectivity index (χ2n) is 6.24. The van der Waals surface area contributed by atoms with Crippen molar-refractivity contribution in [3.05, 3.63) is 88.5 Å². The SMILES string of the molecule is CCOC(=O)c1ccc(C(=O)N(Cc2ccccn2)c2ccc(Cl)cc2)nc1C. The van der Waals surface area contributed by atoms with Crippen molar-refractivity contribution in [3.63, 3.8) is 0 Å². The third-order valence-electron chi connectivity index (χ3n) is 4.23. The Hall–Kier alpha value is -3.25. The summed E-state index contributed by atoms with van der Waals surface area (Å²) in [7, 11) is 0. The number of carbonyl (C=O) groups is 2. The number of aromatic nitrogens is 2. The number of hydrogen-bond acceptors (Lipinski definition) is 5. The van der Waals surface area contributed by atoms with Crippen LogP contribution in [-0.2, 0) is 11.3 Å². The van der Waals surface area contributed by atoms with Gasteiger partial charge >= 0.3 is 5.97 Å². The Labute approximate surface area is 174 Å². The third kappa shape index (κ3) is 4.97. The van der Waals surface area contributed by atoms with Crippen molar-refractivity contribution in [1.29, 1.82) is 0 Å². The molecule has 1 aromatic carbocycles. The lowest BCUT2D eigenvalue weighted by molar-refractivity contribution is 0.0524. The second kappa shape index (κ2) is 9.30. The van der Waals surface area contributed by atoms with E-state index < -0.39 is 5.97 Å². The minimum atomic E-state index is -0.459. The number of rotatable bonds is 6. The zero-order valence-corrected chi connectivity index (χ0v) is 16.9. The summed E-state index contributed by atoms with van der Waals surface area (Å²) in [4.78, 5) is 35.5. The van der Waals surface area contributed by atoms with Crippen molar-refractivity contribution in [2.45, 2.75) is 20.4 Å². The number of aryl methyl sites for hydroxylation is 1. The number of benzene rings is 1. The van der Waals surface area contributed by atoms with Gasteiger partial charge in [-0.3, -0.25) is 9.78 Å². The molecule has 0 saturated carbocycles. The summed E-state index contributed by atoms with van der Waals surface area (Å²) in [5, 5.41) is 0.576. The topological polar surface area (TPSA) is 72.4 Å². The van der Waals surface area contributed by atoms with Crippen LogP contribution < -0.4 is 4.90 Å². The molecular formula is C22H20ClN3O3. The monoisotopic (exact) mass is 409 g/mol. The van der Waals surface area contributed by atoms with Crippen LogP contribution in [0.2, 0.25) is 5.02 Å². The molecule has 0 spiro atoms. The zero-order valence-electron chi connectivity index (χ0n) is 16.1. The van der Waals surface area contributed by atoms with Gasteiger partial charge in [-0.25, -0.2) is 9.78 Å². The van der Waals surface area contributed by atoms with Gasteiger partial charge < -0.3 is 9.64 Å². The third-order valence-corrected chi connectivity index (χ3v) is 4.48. The van der Waals surface area contributed by atoms with Crippen LogP contribution in [0.3, 0.4) is 0 Å². The smallest absolute Gasteiger partial charge is 0.339 e. The molecule has 0 bridgehead atoms. The number of nitrogens with zero attached hydrogens (tertiary/aromatic N) is 3. The van der Waals surface area contributed by atoms with Crippen molar-refractivity contribution >= 4 is 29.2 Å². The molecule has 0 unspecified atom stereocenters. The first kappa shape index (κ1) is 20.5. The van der Waals surface area contributed by atoms with E-state index in [9.17, 15) is 9.59 Å². The predicted molar refractivity (Wildman–Crippen MR) is 111 cm³/mol. The van der Waals surface area contributed by atoms with Crippen LogP contribution in [0.5, 0.6) is 0 Å². The van der Waals surface area contributed by atoms with Gasteiger partial charge in [-0.2, -0.15) is 0 Å². The molecule has 0 saturated heterocycles. The fourth-order valence-electron chi connectivity index (χ4n) is 2.80. The summed E-state index contributed by atoms with van der Waals surface area (Å²) < 4.78 is 5.02. The number of ether oxygens (including phenoxy) is 1. The molecule has 0 aliphatic heterocycles. The Kier molecular flexibility index (Phi) is 6.57. The molecule has 0 aliphatic carbocycles. The summed E-state index contributed by atoms with van der Waals surface area (Å²) in [6.45, 7) is 3.95. The summed E-state index contributed by atoms with van der Waals surface area (Å²) in [5.41, 5.74) is 2.39. The second-order valence-corrected chi connectivity index (χ2v) is 6.68. The van der Waals surface area contributed by atoms with E-state index in [1.165, 1.54) is 6.07 Å². The summed E-state index contributed by atoms with van der Waals surface area (Å²) >= 11 is 5.99. The Morgan fingerprint density at radius 3 is 2.45 bits per heavy atom. The van der Waals surface area contributed by atoms with Crippen LogP contribution in [0.15, 0.2) is 60.8 Å². The van der Waals surface area contributed by atoms with Crippen molar-refractivity contribution in [1.82, 2.24) is 9.97 Å². The van der Waals surface area contributed by atoms with Crippen LogP contribution in [-0.4, -0.2) is 28.5 Å². The molecule has 0 fully saturated rings. The van der Waals surface area contributed by atoms with E-state index in [0.29, 0.717) is 22.0 Å². The Morgan fingerprint density at radius 1 is 1.07 bits per heavy atom. The molecule has 7 heteroatoms. The lowest BCUT2D eigenvalue weighted by atomic mass is 10.1. The van der Waals surface area contributed by atoms with E-state index in [1.807, 2.05) is 18.2 Å². The summed E-state index contributed by atoms with van der Waals surface area (Å²) in [5.74, 6) is -0.768. The van der Waals surface area contributed by atoms with E-state index in [2.05, 4.69) is 9.97 Å². The molecule has 2 aromatic heterocycles. The highest BCUT2D eigenvalue weighted by atomic mass is 35.5. The molecule has 1 amide bonds. The van der Waals surface area contributed by atoms with E-state index >= 15 is 0 Å². The highest BCUT2D eigenvalue weighted by Crippen LogP contribution is 2.22. The number of pyridine rings is 2. The number of carbonyl (C=O) groups excluding carboxylic acids is 2. The molecule has 0 atom stereocenters. The highest BCUT2D eigenvalue weighted by Gasteiger charge is 2.22. The van der Waals surface area contributed by atoms with Crippen LogP contribution in [0.1, 0.15) is 39.2 Å². The van der Waals surface area contributed by atoms with E-state index in [4.69, 9.17) is 16.3 Å². The predicted octanol–water partition coefficient (Wildman–Crippen LogP) is 4.46. The number of halogens is 1. The standard InChI is InChI=1S/C22H20ClN3O3/c1-3-29-22(28)19-11-12-20(25-15(19)2)21(27)26(14-17-6-4-5-13-24-17)18-9-7-16(23)8-10-18/h4-13H,3,14H2,1-2H3. The lowest BCUT2D eigenvalue weighted by Crippen LogP contribution is -2.31. The van der Waals surface area contributed by atoms with Crippen molar-refractivity contribution < 1.29 is 14.3 Å². The van der Waals surface area contributed by atoms with Crippen molar-refractivity contribution in [3.8, 4) is 0 Å². The maximum atomic E-state index is 13.3. The van der Waals surface area contributed by atoms with Gasteiger partial charge in [0, 0.05) is 16.9 Å². The van der Waals surface area contributed by atoms with Crippen LogP contribution in [0.25, 0.3) is 0 Å². The lowest BCUT2D eigenvalue weighted by Gasteiger charge is -2.22. The van der Waals surface area contributed by atoms with Gasteiger partial charge in [0.2, 0.25) is 0 Å². The molecule has 148 valence electrons. The first-order chi connectivity index (χ1) is 14.0. The Balaban J connectivity index is 1.94. The molecule has 3 rings (SSSR count).